The van der Waals surface area contributed by atoms with E-state index in [1.807, 2.05) is 0 Å². The first-order valence-corrected chi connectivity index (χ1v) is 6.49. The van der Waals surface area contributed by atoms with Crippen LogP contribution in [0.2, 0.25) is 5.02 Å². The van der Waals surface area contributed by atoms with Crippen molar-refractivity contribution in [3.05, 3.63) is 59.3 Å². The minimum absolute atomic E-state index is 0.0565. The predicted molar refractivity (Wildman–Crippen MR) is 80.8 cm³/mol. The third-order valence-electron chi connectivity index (χ3n) is 3.06. The van der Waals surface area contributed by atoms with Gasteiger partial charge in [0, 0.05) is 22.3 Å². The fourth-order valence-electron chi connectivity index (χ4n) is 2.08. The molecule has 3 nitrogen and oxygen atoms in total. The van der Waals surface area contributed by atoms with Crippen molar-refractivity contribution in [1.82, 2.24) is 4.98 Å². The highest BCUT2D eigenvalue weighted by Crippen LogP contribution is 2.33. The molecule has 0 aliphatic carbocycles. The lowest BCUT2D eigenvalue weighted by atomic mass is 10.1. The molecule has 3 aromatic rings. The molecule has 0 aliphatic heterocycles. The summed E-state index contributed by atoms with van der Waals surface area (Å²) in [4.78, 5) is 4.11. The first-order chi connectivity index (χ1) is 10.1. The number of aromatic nitrogens is 1. The number of nitrogens with one attached hydrogen (secondary N) is 1. The normalized spacial score (nSPS) is 10.8. The minimum atomic E-state index is -0.613. The summed E-state index contributed by atoms with van der Waals surface area (Å²) in [6, 6.07) is 8.58. The maximum Gasteiger partial charge on any atom is 0.150 e. The van der Waals surface area contributed by atoms with Crippen LogP contribution < -0.4 is 11.1 Å². The Morgan fingerprint density at radius 3 is 2.71 bits per heavy atom. The van der Waals surface area contributed by atoms with Gasteiger partial charge in [-0.05, 0) is 36.4 Å². The van der Waals surface area contributed by atoms with E-state index in [2.05, 4.69) is 10.3 Å². The van der Waals surface area contributed by atoms with Crippen LogP contribution >= 0.6 is 11.6 Å². The summed E-state index contributed by atoms with van der Waals surface area (Å²) in [5.41, 5.74) is 6.49. The van der Waals surface area contributed by atoms with Crippen molar-refractivity contribution >= 4 is 39.6 Å². The molecule has 2 aromatic carbocycles. The van der Waals surface area contributed by atoms with E-state index >= 15 is 0 Å². The lowest BCUT2D eigenvalue weighted by molar-refractivity contribution is 0.626. The Balaban J connectivity index is 2.19. The van der Waals surface area contributed by atoms with Crippen molar-refractivity contribution in [1.29, 1.82) is 0 Å². The number of hydrogen-bond donors (Lipinski definition) is 2. The number of fused-ring (bicyclic) bond motifs is 1. The zero-order chi connectivity index (χ0) is 15.0. The molecule has 0 unspecified atom stereocenters. The van der Waals surface area contributed by atoms with Gasteiger partial charge in [-0.3, -0.25) is 4.98 Å². The van der Waals surface area contributed by atoms with Gasteiger partial charge in [0.2, 0.25) is 0 Å². The van der Waals surface area contributed by atoms with E-state index in [1.165, 1.54) is 30.5 Å². The van der Waals surface area contributed by atoms with Crippen LogP contribution in [0.25, 0.3) is 10.9 Å². The summed E-state index contributed by atoms with van der Waals surface area (Å²) in [5, 5.41) is 3.63. The Labute approximate surface area is 124 Å². The molecule has 0 aliphatic rings. The molecule has 0 radical (unpaired) electrons. The van der Waals surface area contributed by atoms with Gasteiger partial charge in [0.15, 0.2) is 5.82 Å². The molecule has 0 fully saturated rings. The Morgan fingerprint density at radius 1 is 1.10 bits per heavy atom. The Kier molecular flexibility index (Phi) is 3.35. The lowest BCUT2D eigenvalue weighted by Gasteiger charge is -2.12. The van der Waals surface area contributed by atoms with Crippen LogP contribution in [0.15, 0.2) is 42.6 Å². The number of hydrogen-bond acceptors (Lipinski definition) is 3. The SMILES string of the molecule is Nc1cc(F)c(Nc2cc(Cl)ccc2F)c2ncccc12. The summed E-state index contributed by atoms with van der Waals surface area (Å²) >= 11 is 5.83. The fraction of sp³-hybridized carbons (Fsp3) is 0. The van der Waals surface area contributed by atoms with Crippen molar-refractivity contribution in [3.63, 3.8) is 0 Å². The average Bonchev–Trinajstić information content (AvgIpc) is 2.47. The highest BCUT2D eigenvalue weighted by atomic mass is 35.5. The quantitative estimate of drug-likeness (QED) is 0.686. The molecule has 0 bridgehead atoms. The largest absolute Gasteiger partial charge is 0.398 e. The number of halogens is 3. The van der Waals surface area contributed by atoms with Crippen molar-refractivity contribution in [2.24, 2.45) is 0 Å². The molecule has 0 saturated carbocycles. The maximum absolute atomic E-state index is 14.2. The average molecular weight is 306 g/mol. The predicted octanol–water partition coefficient (Wildman–Crippen LogP) is 4.49. The van der Waals surface area contributed by atoms with Gasteiger partial charge in [-0.15, -0.1) is 0 Å². The number of anilines is 3. The zero-order valence-corrected chi connectivity index (χ0v) is 11.5. The lowest BCUT2D eigenvalue weighted by Crippen LogP contribution is -2.01. The highest BCUT2D eigenvalue weighted by Gasteiger charge is 2.14. The molecule has 3 N–H and O–H groups in total. The first-order valence-electron chi connectivity index (χ1n) is 6.11. The van der Waals surface area contributed by atoms with E-state index in [4.69, 9.17) is 17.3 Å². The highest BCUT2D eigenvalue weighted by molar-refractivity contribution is 6.30. The Bertz CT molecular complexity index is 837. The molecule has 1 aromatic heterocycles. The molecule has 0 amide bonds. The molecule has 3 rings (SSSR count). The van der Waals surface area contributed by atoms with E-state index in [1.54, 1.807) is 12.1 Å². The number of rotatable bonds is 2. The summed E-state index contributed by atoms with van der Waals surface area (Å²) in [5.74, 6) is -1.15. The molecule has 21 heavy (non-hydrogen) atoms. The van der Waals surface area contributed by atoms with Crippen LogP contribution in [0.4, 0.5) is 25.8 Å². The van der Waals surface area contributed by atoms with Crippen LogP contribution in [0.3, 0.4) is 0 Å². The number of nitrogen functional groups attached to an aromatic ring is 1. The number of nitrogens with two attached hydrogens (primary N) is 1. The smallest absolute Gasteiger partial charge is 0.150 e. The Hall–Kier alpha value is -2.40. The van der Waals surface area contributed by atoms with Crippen LogP contribution in [0.1, 0.15) is 0 Å². The number of pyridine rings is 1. The standard InChI is InChI=1S/C15H10ClF2N3/c16-8-3-4-10(17)13(6-8)21-15-11(18)7-12(19)9-2-1-5-20-14(9)15/h1-7,21H,19H2. The minimum Gasteiger partial charge on any atom is -0.398 e. The van der Waals surface area contributed by atoms with Crippen molar-refractivity contribution in [2.75, 3.05) is 11.1 Å². The van der Waals surface area contributed by atoms with Gasteiger partial charge in [-0.2, -0.15) is 0 Å². The topological polar surface area (TPSA) is 50.9 Å². The zero-order valence-electron chi connectivity index (χ0n) is 10.7. The number of nitrogens with zero attached hydrogens (tertiary/aromatic N) is 1. The fourth-order valence-corrected chi connectivity index (χ4v) is 2.26. The molecule has 0 spiro atoms. The maximum atomic E-state index is 14.2. The molecule has 0 saturated heterocycles. The van der Waals surface area contributed by atoms with Crippen molar-refractivity contribution < 1.29 is 8.78 Å². The van der Waals surface area contributed by atoms with E-state index < -0.39 is 11.6 Å². The molecular weight excluding hydrogens is 296 g/mol. The van der Waals surface area contributed by atoms with Gasteiger partial charge in [0.05, 0.1) is 11.2 Å². The van der Waals surface area contributed by atoms with Crippen LogP contribution in [0.5, 0.6) is 0 Å². The van der Waals surface area contributed by atoms with Gasteiger partial charge in [-0.25, -0.2) is 8.78 Å². The molecule has 1 heterocycles. The van der Waals surface area contributed by atoms with Gasteiger partial charge in [0.1, 0.15) is 11.5 Å². The third kappa shape index (κ3) is 2.48. The van der Waals surface area contributed by atoms with Crippen molar-refractivity contribution in [3.8, 4) is 0 Å². The second-order valence-electron chi connectivity index (χ2n) is 4.47. The molecule has 0 atom stereocenters. The first kappa shape index (κ1) is 13.6. The molecule has 6 heteroatoms. The third-order valence-corrected chi connectivity index (χ3v) is 3.30. The monoisotopic (exact) mass is 305 g/mol. The molecule has 106 valence electrons. The van der Waals surface area contributed by atoms with Gasteiger partial charge < -0.3 is 11.1 Å². The van der Waals surface area contributed by atoms with Crippen LogP contribution in [-0.2, 0) is 0 Å². The van der Waals surface area contributed by atoms with Crippen LogP contribution in [-0.4, -0.2) is 4.98 Å². The van der Waals surface area contributed by atoms with E-state index in [0.29, 0.717) is 15.9 Å². The van der Waals surface area contributed by atoms with Gasteiger partial charge in [-0.1, -0.05) is 11.6 Å². The van der Waals surface area contributed by atoms with Gasteiger partial charge >= 0.3 is 0 Å². The second kappa shape index (κ2) is 5.18. The Morgan fingerprint density at radius 2 is 1.90 bits per heavy atom. The van der Waals surface area contributed by atoms with E-state index in [0.717, 1.165) is 0 Å². The second-order valence-corrected chi connectivity index (χ2v) is 4.91. The van der Waals surface area contributed by atoms with Gasteiger partial charge in [0.25, 0.3) is 0 Å². The van der Waals surface area contributed by atoms with Crippen molar-refractivity contribution in [2.45, 2.75) is 0 Å². The molecular formula is C15H10ClF2N3. The summed E-state index contributed by atoms with van der Waals surface area (Å²) in [6.45, 7) is 0. The van der Waals surface area contributed by atoms with Crippen LogP contribution in [0, 0.1) is 11.6 Å². The summed E-state index contributed by atoms with van der Waals surface area (Å²) in [6.07, 6.45) is 1.51. The summed E-state index contributed by atoms with van der Waals surface area (Å²) in [7, 11) is 0. The van der Waals surface area contributed by atoms with E-state index in [9.17, 15) is 8.78 Å². The number of benzene rings is 2. The summed E-state index contributed by atoms with van der Waals surface area (Å²) < 4.78 is 27.9. The van der Waals surface area contributed by atoms with E-state index in [-0.39, 0.29) is 17.1 Å².